The summed E-state index contributed by atoms with van der Waals surface area (Å²) >= 11 is 0. The summed E-state index contributed by atoms with van der Waals surface area (Å²) in [5, 5.41) is 8.55. The first kappa shape index (κ1) is 13.5. The molecule has 0 spiro atoms. The fourth-order valence-corrected chi connectivity index (χ4v) is 2.41. The minimum absolute atomic E-state index is 0.704. The van der Waals surface area contributed by atoms with Crippen LogP contribution in [0.3, 0.4) is 0 Å². The maximum absolute atomic E-state index is 10.4. The molecule has 0 amide bonds. The van der Waals surface area contributed by atoms with E-state index in [-0.39, 0.29) is 0 Å². The molecule has 0 bridgehead atoms. The number of carbonyl (C=O) groups is 1. The van der Waals surface area contributed by atoms with Crippen molar-refractivity contribution >= 4 is 18.0 Å². The predicted octanol–water partition coefficient (Wildman–Crippen LogP) is 2.20. The number of anilines is 1. The summed E-state index contributed by atoms with van der Waals surface area (Å²) < 4.78 is 0. The fourth-order valence-electron chi connectivity index (χ4n) is 2.41. The Labute approximate surface area is 113 Å². The average Bonchev–Trinajstić information content (AvgIpc) is 2.86. The van der Waals surface area contributed by atoms with Crippen molar-refractivity contribution in [1.82, 2.24) is 9.97 Å². The molecule has 5 nitrogen and oxygen atoms in total. The first-order chi connectivity index (χ1) is 9.19. The monoisotopic (exact) mass is 261 g/mol. The van der Waals surface area contributed by atoms with E-state index in [0.29, 0.717) is 5.56 Å². The number of aromatic nitrogens is 2. The Morgan fingerprint density at radius 1 is 1.53 bits per heavy atom. The summed E-state index contributed by atoms with van der Waals surface area (Å²) in [4.78, 5) is 21.2. The molecular weight excluding hydrogens is 242 g/mol. The highest BCUT2D eigenvalue weighted by Gasteiger charge is 2.23. The van der Waals surface area contributed by atoms with E-state index in [2.05, 4.69) is 21.8 Å². The van der Waals surface area contributed by atoms with E-state index in [4.69, 9.17) is 5.11 Å². The van der Waals surface area contributed by atoms with Gasteiger partial charge in [0.25, 0.3) is 0 Å². The molecule has 102 valence electrons. The van der Waals surface area contributed by atoms with Gasteiger partial charge >= 0.3 is 5.97 Å². The zero-order valence-electron chi connectivity index (χ0n) is 11.1. The van der Waals surface area contributed by atoms with Crippen LogP contribution in [0.2, 0.25) is 0 Å². The summed E-state index contributed by atoms with van der Waals surface area (Å²) in [6.07, 6.45) is 9.59. The smallest absolute Gasteiger partial charge is 0.328 e. The predicted molar refractivity (Wildman–Crippen MR) is 73.9 cm³/mol. The molecule has 19 heavy (non-hydrogen) atoms. The van der Waals surface area contributed by atoms with Crippen molar-refractivity contribution in [2.45, 2.75) is 26.2 Å². The van der Waals surface area contributed by atoms with Gasteiger partial charge in [0.15, 0.2) is 0 Å². The maximum Gasteiger partial charge on any atom is 0.328 e. The van der Waals surface area contributed by atoms with Crippen LogP contribution >= 0.6 is 0 Å². The van der Waals surface area contributed by atoms with E-state index in [0.717, 1.165) is 31.0 Å². The van der Waals surface area contributed by atoms with Crippen LogP contribution in [0.5, 0.6) is 0 Å². The van der Waals surface area contributed by atoms with E-state index >= 15 is 0 Å². The van der Waals surface area contributed by atoms with Gasteiger partial charge in [-0.2, -0.15) is 0 Å². The molecule has 1 aromatic heterocycles. The number of carboxylic acid groups (broad SMARTS) is 1. The third kappa shape index (κ3) is 3.77. The summed E-state index contributed by atoms with van der Waals surface area (Å²) in [6, 6.07) is 0. The number of nitrogens with zero attached hydrogens (tertiary/aromatic N) is 3. The quantitative estimate of drug-likeness (QED) is 0.823. The summed E-state index contributed by atoms with van der Waals surface area (Å²) in [6.45, 7) is 4.25. The first-order valence-corrected chi connectivity index (χ1v) is 6.67. The van der Waals surface area contributed by atoms with Crippen LogP contribution < -0.4 is 4.90 Å². The van der Waals surface area contributed by atoms with Gasteiger partial charge in [0.2, 0.25) is 5.95 Å². The maximum atomic E-state index is 10.4. The van der Waals surface area contributed by atoms with Crippen molar-refractivity contribution in [3.8, 4) is 0 Å². The van der Waals surface area contributed by atoms with E-state index in [1.807, 2.05) is 0 Å². The van der Waals surface area contributed by atoms with Crippen molar-refractivity contribution in [2.24, 2.45) is 5.92 Å². The number of hydrogen-bond donors (Lipinski definition) is 1. The molecule has 2 heterocycles. The molecule has 1 N–H and O–H groups in total. The van der Waals surface area contributed by atoms with Gasteiger partial charge in [-0.3, -0.25) is 0 Å². The van der Waals surface area contributed by atoms with Gasteiger partial charge in [0.1, 0.15) is 0 Å². The van der Waals surface area contributed by atoms with Crippen LogP contribution in [0.25, 0.3) is 6.08 Å². The molecule has 1 aromatic rings. The van der Waals surface area contributed by atoms with Crippen LogP contribution in [0.4, 0.5) is 5.95 Å². The molecule has 1 saturated heterocycles. The second-order valence-corrected chi connectivity index (χ2v) is 4.88. The van der Waals surface area contributed by atoms with E-state index in [9.17, 15) is 4.79 Å². The van der Waals surface area contributed by atoms with Crippen LogP contribution in [0.15, 0.2) is 18.5 Å². The SMILES string of the molecule is CCCC1CCN(c2ncc(/C=C/C(=O)O)cn2)C1. The first-order valence-electron chi connectivity index (χ1n) is 6.67. The molecule has 1 atom stereocenters. The Balaban J connectivity index is 1.97. The average molecular weight is 261 g/mol. The zero-order valence-corrected chi connectivity index (χ0v) is 11.1. The molecule has 1 fully saturated rings. The van der Waals surface area contributed by atoms with Gasteiger partial charge in [0.05, 0.1) is 0 Å². The Morgan fingerprint density at radius 3 is 2.89 bits per heavy atom. The molecule has 1 aliphatic heterocycles. The number of hydrogen-bond acceptors (Lipinski definition) is 4. The Bertz CT molecular complexity index is 456. The van der Waals surface area contributed by atoms with Crippen LogP contribution in [0.1, 0.15) is 31.7 Å². The molecule has 0 aromatic carbocycles. The highest BCUT2D eigenvalue weighted by Crippen LogP contribution is 2.23. The lowest BCUT2D eigenvalue weighted by molar-refractivity contribution is -0.131. The molecule has 0 saturated carbocycles. The van der Waals surface area contributed by atoms with Crippen molar-refractivity contribution in [1.29, 1.82) is 0 Å². The minimum atomic E-state index is -0.967. The van der Waals surface area contributed by atoms with Gasteiger partial charge in [-0.25, -0.2) is 14.8 Å². The zero-order chi connectivity index (χ0) is 13.7. The third-order valence-electron chi connectivity index (χ3n) is 3.34. The molecule has 2 rings (SSSR count). The van der Waals surface area contributed by atoms with Gasteiger partial charge in [-0.05, 0) is 24.8 Å². The molecule has 0 aliphatic carbocycles. The van der Waals surface area contributed by atoms with E-state index < -0.39 is 5.97 Å². The highest BCUT2D eigenvalue weighted by molar-refractivity contribution is 5.85. The number of carboxylic acids is 1. The van der Waals surface area contributed by atoms with Crippen molar-refractivity contribution in [3.63, 3.8) is 0 Å². The number of rotatable bonds is 5. The van der Waals surface area contributed by atoms with Gasteiger partial charge in [0, 0.05) is 37.1 Å². The van der Waals surface area contributed by atoms with Crippen molar-refractivity contribution in [2.75, 3.05) is 18.0 Å². The van der Waals surface area contributed by atoms with Gasteiger partial charge in [-0.1, -0.05) is 13.3 Å². The largest absolute Gasteiger partial charge is 0.478 e. The molecule has 1 aliphatic rings. The normalized spacial score (nSPS) is 19.2. The van der Waals surface area contributed by atoms with Crippen molar-refractivity contribution < 1.29 is 9.90 Å². The molecule has 5 heteroatoms. The highest BCUT2D eigenvalue weighted by atomic mass is 16.4. The number of aliphatic carboxylic acids is 1. The Kier molecular flexibility index (Phi) is 4.49. The fraction of sp³-hybridized carbons (Fsp3) is 0.500. The lowest BCUT2D eigenvalue weighted by Gasteiger charge is -2.15. The van der Waals surface area contributed by atoms with Crippen LogP contribution in [-0.4, -0.2) is 34.1 Å². The summed E-state index contributed by atoms with van der Waals surface area (Å²) in [5.41, 5.74) is 0.704. The van der Waals surface area contributed by atoms with Gasteiger partial charge in [-0.15, -0.1) is 0 Å². The van der Waals surface area contributed by atoms with E-state index in [1.165, 1.54) is 25.3 Å². The minimum Gasteiger partial charge on any atom is -0.478 e. The molecule has 1 unspecified atom stereocenters. The van der Waals surface area contributed by atoms with Crippen LogP contribution in [0, 0.1) is 5.92 Å². The van der Waals surface area contributed by atoms with Gasteiger partial charge < -0.3 is 10.0 Å². The van der Waals surface area contributed by atoms with Crippen LogP contribution in [-0.2, 0) is 4.79 Å². The Hall–Kier alpha value is -1.91. The standard InChI is InChI=1S/C14H19N3O2/c1-2-3-11-6-7-17(10-11)14-15-8-12(9-16-14)4-5-13(18)19/h4-5,8-9,11H,2-3,6-7,10H2,1H3,(H,18,19)/b5-4+. The van der Waals surface area contributed by atoms with E-state index in [1.54, 1.807) is 12.4 Å². The second-order valence-electron chi connectivity index (χ2n) is 4.88. The topological polar surface area (TPSA) is 66.3 Å². The van der Waals surface area contributed by atoms with Crippen molar-refractivity contribution in [3.05, 3.63) is 24.0 Å². The summed E-state index contributed by atoms with van der Waals surface area (Å²) in [7, 11) is 0. The second kappa shape index (κ2) is 6.31. The third-order valence-corrected chi connectivity index (χ3v) is 3.34. The Morgan fingerprint density at radius 2 is 2.26 bits per heavy atom. The molecular formula is C14H19N3O2. The summed E-state index contributed by atoms with van der Waals surface area (Å²) in [5.74, 6) is 0.525. The lowest BCUT2D eigenvalue weighted by Crippen LogP contribution is -2.21. The lowest BCUT2D eigenvalue weighted by atomic mass is 10.0. The molecule has 0 radical (unpaired) electrons.